The molecule has 6 heteroatoms. The van der Waals surface area contributed by atoms with E-state index in [4.69, 9.17) is 14.8 Å². The van der Waals surface area contributed by atoms with Crippen molar-refractivity contribution in [2.75, 3.05) is 19.8 Å². The van der Waals surface area contributed by atoms with Crippen LogP contribution in [0.3, 0.4) is 0 Å². The van der Waals surface area contributed by atoms with Crippen molar-refractivity contribution in [1.82, 2.24) is 0 Å². The van der Waals surface area contributed by atoms with Gasteiger partial charge in [0.05, 0.1) is 13.2 Å². The van der Waals surface area contributed by atoms with E-state index < -0.39 is 7.82 Å². The van der Waals surface area contributed by atoms with Crippen molar-refractivity contribution >= 4 is 7.82 Å². The smallest absolute Gasteiger partial charge is 0.330 e. The average Bonchev–Trinajstić information content (AvgIpc) is 2.24. The number of hydrogen-bond donors (Lipinski definition) is 2. The van der Waals surface area contributed by atoms with E-state index in [-0.39, 0.29) is 13.2 Å². The second kappa shape index (κ2) is 10.2. The number of phosphoric acid groups is 1. The Morgan fingerprint density at radius 1 is 1.06 bits per heavy atom. The predicted octanol–water partition coefficient (Wildman–Crippen LogP) is 2.44. The monoisotopic (exact) mass is 253 g/mol. The van der Waals surface area contributed by atoms with Gasteiger partial charge < -0.3 is 10.6 Å². The summed E-state index contributed by atoms with van der Waals surface area (Å²) >= 11 is 0. The van der Waals surface area contributed by atoms with Crippen molar-refractivity contribution in [1.29, 1.82) is 0 Å². The standard InChI is InChI=1S/C10H24NO4P/c1-2-3-4-6-9-14-16(12,13)15-10-7-5-8-11/h2-11H2,1H3,(H,12,13). The van der Waals surface area contributed by atoms with Crippen molar-refractivity contribution in [3.8, 4) is 0 Å². The molecule has 0 saturated heterocycles. The minimum atomic E-state index is -3.82. The summed E-state index contributed by atoms with van der Waals surface area (Å²) in [5, 5.41) is 0. The van der Waals surface area contributed by atoms with E-state index in [2.05, 4.69) is 6.92 Å². The predicted molar refractivity (Wildman–Crippen MR) is 64.2 cm³/mol. The summed E-state index contributed by atoms with van der Waals surface area (Å²) in [5.41, 5.74) is 5.29. The molecule has 98 valence electrons. The number of hydrogen-bond acceptors (Lipinski definition) is 4. The molecular formula is C10H24NO4P. The van der Waals surface area contributed by atoms with Gasteiger partial charge in [0.25, 0.3) is 0 Å². The Kier molecular flexibility index (Phi) is 10.3. The summed E-state index contributed by atoms with van der Waals surface area (Å²) in [6, 6.07) is 0. The zero-order valence-electron chi connectivity index (χ0n) is 10.1. The first-order chi connectivity index (χ1) is 7.62. The Morgan fingerprint density at radius 2 is 1.62 bits per heavy atom. The highest BCUT2D eigenvalue weighted by Gasteiger charge is 2.19. The van der Waals surface area contributed by atoms with E-state index in [9.17, 15) is 9.46 Å². The van der Waals surface area contributed by atoms with E-state index in [1.54, 1.807) is 0 Å². The van der Waals surface area contributed by atoms with Crippen molar-refractivity contribution < 1.29 is 18.5 Å². The molecule has 0 bridgehead atoms. The largest absolute Gasteiger partial charge is 0.472 e. The molecule has 0 saturated carbocycles. The highest BCUT2D eigenvalue weighted by Crippen LogP contribution is 2.43. The maximum absolute atomic E-state index is 11.3. The first-order valence-electron chi connectivity index (χ1n) is 5.94. The van der Waals surface area contributed by atoms with E-state index in [0.717, 1.165) is 32.1 Å². The second-order valence-electron chi connectivity index (χ2n) is 3.69. The average molecular weight is 253 g/mol. The summed E-state index contributed by atoms with van der Waals surface area (Å²) < 4.78 is 20.9. The lowest BCUT2D eigenvalue weighted by Crippen LogP contribution is -2.02. The second-order valence-corrected chi connectivity index (χ2v) is 5.14. The number of phosphoric ester groups is 1. The molecule has 0 aromatic rings. The fraction of sp³-hybridized carbons (Fsp3) is 1.00. The van der Waals surface area contributed by atoms with Crippen LogP contribution >= 0.6 is 7.82 Å². The molecule has 0 heterocycles. The molecular weight excluding hydrogens is 229 g/mol. The molecule has 0 spiro atoms. The molecule has 0 fully saturated rings. The normalized spacial score (nSPS) is 14.9. The van der Waals surface area contributed by atoms with Gasteiger partial charge in [0.15, 0.2) is 0 Å². The first-order valence-corrected chi connectivity index (χ1v) is 7.44. The van der Waals surface area contributed by atoms with Crippen molar-refractivity contribution in [3.05, 3.63) is 0 Å². The molecule has 0 aliphatic carbocycles. The molecule has 0 aliphatic rings. The maximum Gasteiger partial charge on any atom is 0.472 e. The quantitative estimate of drug-likeness (QED) is 0.436. The van der Waals surface area contributed by atoms with Crippen LogP contribution in [-0.4, -0.2) is 24.7 Å². The van der Waals surface area contributed by atoms with Crippen LogP contribution in [0.5, 0.6) is 0 Å². The van der Waals surface area contributed by atoms with Crippen LogP contribution in [0.25, 0.3) is 0 Å². The third-order valence-electron chi connectivity index (χ3n) is 2.11. The van der Waals surface area contributed by atoms with Crippen LogP contribution in [0, 0.1) is 0 Å². The van der Waals surface area contributed by atoms with Gasteiger partial charge in [0, 0.05) is 0 Å². The molecule has 5 nitrogen and oxygen atoms in total. The molecule has 1 unspecified atom stereocenters. The van der Waals surface area contributed by atoms with Crippen molar-refractivity contribution in [2.45, 2.75) is 45.4 Å². The van der Waals surface area contributed by atoms with Crippen molar-refractivity contribution in [2.24, 2.45) is 5.73 Å². The molecule has 16 heavy (non-hydrogen) atoms. The Labute approximate surface area is 97.9 Å². The summed E-state index contributed by atoms with van der Waals surface area (Å²) in [6.45, 7) is 3.18. The van der Waals surface area contributed by atoms with Gasteiger partial charge >= 0.3 is 7.82 Å². The SMILES string of the molecule is CCCCCCOP(=O)(O)OCCCCN. The maximum atomic E-state index is 11.3. The fourth-order valence-corrected chi connectivity index (χ4v) is 1.97. The topological polar surface area (TPSA) is 81.8 Å². The van der Waals surface area contributed by atoms with Gasteiger partial charge in [-0.2, -0.15) is 0 Å². The Bertz CT molecular complexity index is 201. The Hall–Kier alpha value is 0.0700. The molecule has 3 N–H and O–H groups in total. The highest BCUT2D eigenvalue weighted by molar-refractivity contribution is 7.47. The fourth-order valence-electron chi connectivity index (χ4n) is 1.17. The highest BCUT2D eigenvalue weighted by atomic mass is 31.2. The van der Waals surface area contributed by atoms with Gasteiger partial charge in [-0.05, 0) is 25.8 Å². The molecule has 1 atom stereocenters. The number of unbranched alkanes of at least 4 members (excludes halogenated alkanes) is 4. The van der Waals surface area contributed by atoms with Crippen LogP contribution in [-0.2, 0) is 13.6 Å². The molecule has 0 rings (SSSR count). The van der Waals surface area contributed by atoms with Crippen LogP contribution in [0.1, 0.15) is 45.4 Å². The summed E-state index contributed by atoms with van der Waals surface area (Å²) in [7, 11) is -3.82. The van der Waals surface area contributed by atoms with Crippen molar-refractivity contribution in [3.63, 3.8) is 0 Å². The van der Waals surface area contributed by atoms with E-state index >= 15 is 0 Å². The molecule has 0 radical (unpaired) electrons. The zero-order valence-corrected chi connectivity index (χ0v) is 11.0. The third kappa shape index (κ3) is 10.6. The van der Waals surface area contributed by atoms with E-state index in [1.165, 1.54) is 0 Å². The van der Waals surface area contributed by atoms with Gasteiger partial charge in [-0.25, -0.2) is 4.57 Å². The van der Waals surface area contributed by atoms with Crippen LogP contribution < -0.4 is 5.73 Å². The Balaban J connectivity index is 3.43. The number of rotatable bonds is 11. The summed E-state index contributed by atoms with van der Waals surface area (Å²) in [6.07, 6.45) is 5.54. The summed E-state index contributed by atoms with van der Waals surface area (Å²) in [4.78, 5) is 9.25. The summed E-state index contributed by atoms with van der Waals surface area (Å²) in [5.74, 6) is 0. The van der Waals surface area contributed by atoms with Gasteiger partial charge in [0.1, 0.15) is 0 Å². The molecule has 0 aromatic heterocycles. The van der Waals surface area contributed by atoms with Crippen LogP contribution in [0.4, 0.5) is 0 Å². The van der Waals surface area contributed by atoms with Gasteiger partial charge in [-0.15, -0.1) is 0 Å². The van der Waals surface area contributed by atoms with Crippen LogP contribution in [0.15, 0.2) is 0 Å². The molecule has 0 aromatic carbocycles. The number of nitrogens with two attached hydrogens (primary N) is 1. The van der Waals surface area contributed by atoms with Gasteiger partial charge in [-0.1, -0.05) is 26.2 Å². The third-order valence-corrected chi connectivity index (χ3v) is 3.12. The molecule has 0 amide bonds. The van der Waals surface area contributed by atoms with E-state index in [1.807, 2.05) is 0 Å². The lowest BCUT2D eigenvalue weighted by Gasteiger charge is -2.11. The zero-order chi connectivity index (χ0) is 12.3. The van der Waals surface area contributed by atoms with E-state index in [0.29, 0.717) is 13.0 Å². The lowest BCUT2D eigenvalue weighted by atomic mass is 10.2. The minimum Gasteiger partial charge on any atom is -0.330 e. The minimum absolute atomic E-state index is 0.222. The van der Waals surface area contributed by atoms with Gasteiger partial charge in [-0.3, -0.25) is 9.05 Å². The van der Waals surface area contributed by atoms with Gasteiger partial charge in [0.2, 0.25) is 0 Å². The lowest BCUT2D eigenvalue weighted by molar-refractivity contribution is 0.145. The first kappa shape index (κ1) is 16.1. The Morgan fingerprint density at radius 3 is 2.12 bits per heavy atom. The molecule has 0 aliphatic heterocycles. The van der Waals surface area contributed by atoms with Crippen LogP contribution in [0.2, 0.25) is 0 Å².